The van der Waals surface area contributed by atoms with E-state index < -0.39 is 0 Å². The van der Waals surface area contributed by atoms with Crippen LogP contribution < -0.4 is 4.74 Å². The van der Waals surface area contributed by atoms with E-state index in [4.69, 9.17) is 4.74 Å². The molecule has 0 atom stereocenters. The molecule has 0 aliphatic carbocycles. The predicted molar refractivity (Wildman–Crippen MR) is 101 cm³/mol. The van der Waals surface area contributed by atoms with Gasteiger partial charge in [-0.1, -0.05) is 60.3 Å². The molecule has 2 nitrogen and oxygen atoms in total. The Labute approximate surface area is 145 Å². The quantitative estimate of drug-likeness (QED) is 0.496. The van der Waals surface area contributed by atoms with E-state index in [1.165, 1.54) is 15.2 Å². The number of aromatic nitrogens is 1. The molecule has 0 saturated carbocycles. The molecule has 118 valence electrons. The van der Waals surface area contributed by atoms with Gasteiger partial charge in [-0.25, -0.2) is 0 Å². The molecule has 4 rings (SSSR count). The van der Waals surface area contributed by atoms with Crippen LogP contribution in [0.5, 0.6) is 5.75 Å². The molecule has 24 heavy (non-hydrogen) atoms. The van der Waals surface area contributed by atoms with Crippen molar-refractivity contribution in [3.05, 3.63) is 78.9 Å². The van der Waals surface area contributed by atoms with Crippen molar-refractivity contribution in [2.24, 2.45) is 0 Å². The van der Waals surface area contributed by atoms with Gasteiger partial charge in [-0.2, -0.15) is 0 Å². The average molecular weight is 331 g/mol. The fourth-order valence-electron chi connectivity index (χ4n) is 2.81. The Kier molecular flexibility index (Phi) is 4.01. The first-order chi connectivity index (χ1) is 11.8. The van der Waals surface area contributed by atoms with E-state index in [0.29, 0.717) is 0 Å². The SMILES string of the molecule is COc1cccc(-c2[nH]c3ccccc3c2Sc2ccccc2)c1. The van der Waals surface area contributed by atoms with E-state index in [1.54, 1.807) is 18.9 Å². The minimum atomic E-state index is 0.863. The van der Waals surface area contributed by atoms with Gasteiger partial charge in [0.1, 0.15) is 5.75 Å². The summed E-state index contributed by atoms with van der Waals surface area (Å²) < 4.78 is 5.39. The summed E-state index contributed by atoms with van der Waals surface area (Å²) in [6.45, 7) is 0. The molecule has 0 spiro atoms. The Bertz CT molecular complexity index is 975. The van der Waals surface area contributed by atoms with E-state index in [2.05, 4.69) is 65.6 Å². The van der Waals surface area contributed by atoms with Crippen LogP contribution in [0.25, 0.3) is 22.2 Å². The first kappa shape index (κ1) is 14.9. The molecular weight excluding hydrogens is 314 g/mol. The summed E-state index contributed by atoms with van der Waals surface area (Å²) >= 11 is 1.79. The van der Waals surface area contributed by atoms with Crippen molar-refractivity contribution in [3.8, 4) is 17.0 Å². The van der Waals surface area contributed by atoms with Crippen molar-refractivity contribution in [2.75, 3.05) is 7.11 Å². The number of benzene rings is 3. The zero-order valence-corrected chi connectivity index (χ0v) is 14.1. The zero-order valence-electron chi connectivity index (χ0n) is 13.3. The molecule has 0 aliphatic heterocycles. The number of rotatable bonds is 4. The summed E-state index contributed by atoms with van der Waals surface area (Å²) in [4.78, 5) is 6.04. The second kappa shape index (κ2) is 6.46. The van der Waals surface area contributed by atoms with E-state index in [-0.39, 0.29) is 0 Å². The fraction of sp³-hybridized carbons (Fsp3) is 0.0476. The third-order valence-corrected chi connectivity index (χ3v) is 5.12. The maximum atomic E-state index is 5.39. The smallest absolute Gasteiger partial charge is 0.119 e. The zero-order chi connectivity index (χ0) is 16.4. The second-order valence-electron chi connectivity index (χ2n) is 5.52. The number of hydrogen-bond donors (Lipinski definition) is 1. The summed E-state index contributed by atoms with van der Waals surface area (Å²) in [5.41, 5.74) is 3.40. The summed E-state index contributed by atoms with van der Waals surface area (Å²) in [6.07, 6.45) is 0. The van der Waals surface area contributed by atoms with Crippen LogP contribution in [-0.2, 0) is 0 Å². The van der Waals surface area contributed by atoms with Crippen molar-refractivity contribution in [2.45, 2.75) is 9.79 Å². The van der Waals surface area contributed by atoms with Crippen molar-refractivity contribution in [1.29, 1.82) is 0 Å². The Balaban J connectivity index is 1.89. The van der Waals surface area contributed by atoms with Crippen LogP contribution in [0.4, 0.5) is 0 Å². The Morgan fingerprint density at radius 1 is 0.833 bits per heavy atom. The number of methoxy groups -OCH3 is 1. The highest BCUT2D eigenvalue weighted by atomic mass is 32.2. The van der Waals surface area contributed by atoms with Gasteiger partial charge in [0.05, 0.1) is 12.8 Å². The number of fused-ring (bicyclic) bond motifs is 1. The Morgan fingerprint density at radius 2 is 1.62 bits per heavy atom. The highest BCUT2D eigenvalue weighted by Crippen LogP contribution is 2.41. The van der Waals surface area contributed by atoms with Crippen molar-refractivity contribution < 1.29 is 4.74 Å². The predicted octanol–water partition coefficient (Wildman–Crippen LogP) is 5.99. The maximum absolute atomic E-state index is 5.39. The van der Waals surface area contributed by atoms with Crippen molar-refractivity contribution >= 4 is 22.7 Å². The minimum absolute atomic E-state index is 0.863. The van der Waals surface area contributed by atoms with Gasteiger partial charge in [-0.05, 0) is 30.3 Å². The van der Waals surface area contributed by atoms with Crippen LogP contribution in [0.2, 0.25) is 0 Å². The van der Waals surface area contributed by atoms with Gasteiger partial charge in [-0.15, -0.1) is 0 Å². The largest absolute Gasteiger partial charge is 0.497 e. The van der Waals surface area contributed by atoms with Crippen LogP contribution in [0.15, 0.2) is 88.7 Å². The molecule has 0 amide bonds. The number of aromatic amines is 1. The van der Waals surface area contributed by atoms with Gasteiger partial charge >= 0.3 is 0 Å². The molecular formula is C21H17NOS. The molecule has 1 heterocycles. The van der Waals surface area contributed by atoms with E-state index >= 15 is 0 Å². The van der Waals surface area contributed by atoms with Crippen LogP contribution in [0, 0.1) is 0 Å². The lowest BCUT2D eigenvalue weighted by atomic mass is 10.1. The highest BCUT2D eigenvalue weighted by Gasteiger charge is 2.14. The first-order valence-electron chi connectivity index (χ1n) is 7.83. The molecule has 0 unspecified atom stereocenters. The van der Waals surface area contributed by atoms with Crippen molar-refractivity contribution in [3.63, 3.8) is 0 Å². The van der Waals surface area contributed by atoms with E-state index in [1.807, 2.05) is 18.2 Å². The third kappa shape index (κ3) is 2.79. The maximum Gasteiger partial charge on any atom is 0.119 e. The topological polar surface area (TPSA) is 25.0 Å². The van der Waals surface area contributed by atoms with Crippen LogP contribution in [0.3, 0.4) is 0 Å². The fourth-order valence-corrected chi connectivity index (χ4v) is 3.90. The number of para-hydroxylation sites is 1. The van der Waals surface area contributed by atoms with Crippen LogP contribution in [0.1, 0.15) is 0 Å². The van der Waals surface area contributed by atoms with E-state index in [0.717, 1.165) is 22.5 Å². The number of nitrogens with one attached hydrogen (secondary N) is 1. The molecule has 0 aliphatic rings. The van der Waals surface area contributed by atoms with Gasteiger partial charge in [0.2, 0.25) is 0 Å². The number of ether oxygens (including phenoxy) is 1. The van der Waals surface area contributed by atoms with Crippen LogP contribution in [-0.4, -0.2) is 12.1 Å². The Morgan fingerprint density at radius 3 is 2.46 bits per heavy atom. The summed E-state index contributed by atoms with van der Waals surface area (Å²) in [6, 6.07) is 27.1. The molecule has 0 saturated heterocycles. The normalized spacial score (nSPS) is 10.9. The monoisotopic (exact) mass is 331 g/mol. The van der Waals surface area contributed by atoms with Gasteiger partial charge in [0.25, 0.3) is 0 Å². The van der Waals surface area contributed by atoms with Crippen LogP contribution >= 0.6 is 11.8 Å². The first-order valence-corrected chi connectivity index (χ1v) is 8.65. The lowest BCUT2D eigenvalue weighted by Gasteiger charge is -2.07. The molecule has 0 fully saturated rings. The number of hydrogen-bond acceptors (Lipinski definition) is 2. The lowest BCUT2D eigenvalue weighted by molar-refractivity contribution is 0.415. The van der Waals surface area contributed by atoms with Gasteiger partial charge in [-0.3, -0.25) is 0 Å². The summed E-state index contributed by atoms with van der Waals surface area (Å²) in [7, 11) is 1.70. The highest BCUT2D eigenvalue weighted by molar-refractivity contribution is 7.99. The summed E-state index contributed by atoms with van der Waals surface area (Å²) in [5, 5.41) is 1.24. The molecule has 3 heteroatoms. The Hall–Kier alpha value is -2.65. The van der Waals surface area contributed by atoms with Crippen molar-refractivity contribution in [1.82, 2.24) is 4.98 Å². The second-order valence-corrected chi connectivity index (χ2v) is 6.61. The molecule has 4 aromatic rings. The van der Waals surface area contributed by atoms with E-state index in [9.17, 15) is 0 Å². The average Bonchev–Trinajstić information content (AvgIpc) is 3.01. The summed E-state index contributed by atoms with van der Waals surface area (Å²) in [5.74, 6) is 0.863. The molecule has 3 aromatic carbocycles. The van der Waals surface area contributed by atoms with Gasteiger partial charge < -0.3 is 9.72 Å². The number of H-pyrrole nitrogens is 1. The molecule has 0 radical (unpaired) electrons. The van der Waals surface area contributed by atoms with Gasteiger partial charge in [0, 0.05) is 26.3 Å². The molecule has 0 bridgehead atoms. The van der Waals surface area contributed by atoms with Gasteiger partial charge in [0.15, 0.2) is 0 Å². The lowest BCUT2D eigenvalue weighted by Crippen LogP contribution is -1.85. The molecule has 1 aromatic heterocycles. The minimum Gasteiger partial charge on any atom is -0.497 e. The standard InChI is InChI=1S/C21H17NOS/c1-23-16-9-7-8-15(14-16)20-21(24-17-10-3-2-4-11-17)18-12-5-6-13-19(18)22-20/h2-14,22H,1H3. The molecule has 1 N–H and O–H groups in total. The third-order valence-electron chi connectivity index (χ3n) is 3.98.